The van der Waals surface area contributed by atoms with Crippen LogP contribution in [0.2, 0.25) is 0 Å². The van der Waals surface area contributed by atoms with Crippen molar-refractivity contribution in [2.24, 2.45) is 5.92 Å². The Morgan fingerprint density at radius 3 is 2.67 bits per heavy atom. The Balaban J connectivity index is 1.34. The van der Waals surface area contributed by atoms with Crippen LogP contribution in [0.1, 0.15) is 30.1 Å². The van der Waals surface area contributed by atoms with Crippen molar-refractivity contribution < 1.29 is 23.2 Å². The molecule has 0 bridgehead atoms. The molecular weight excluding hydrogens is 465 g/mol. The third-order valence-electron chi connectivity index (χ3n) is 6.13. The molecule has 1 atom stereocenters. The van der Waals surface area contributed by atoms with Crippen LogP contribution in [-0.4, -0.2) is 46.7 Å². The fourth-order valence-corrected chi connectivity index (χ4v) is 4.35. The maximum absolute atomic E-state index is 13.4. The van der Waals surface area contributed by atoms with Crippen molar-refractivity contribution in [3.63, 3.8) is 0 Å². The summed E-state index contributed by atoms with van der Waals surface area (Å²) in [5.74, 6) is -0.510. The van der Waals surface area contributed by atoms with Gasteiger partial charge in [0.25, 0.3) is 5.71 Å². The zero-order chi connectivity index (χ0) is 25.1. The number of carbonyl (C=O) groups excluding carboxylic acids is 2. The molecule has 5 rings (SSSR count). The fourth-order valence-electron chi connectivity index (χ4n) is 4.35. The molecule has 1 saturated heterocycles. The number of carbonyl (C=O) groups is 2. The summed E-state index contributed by atoms with van der Waals surface area (Å²) in [5.41, 5.74) is 2.56. The summed E-state index contributed by atoms with van der Waals surface area (Å²) in [4.78, 5) is 35.6. The third kappa shape index (κ3) is 4.74. The Kier molecular flexibility index (Phi) is 6.57. The van der Waals surface area contributed by atoms with Gasteiger partial charge in [0, 0.05) is 24.3 Å². The molecule has 1 fully saturated rings. The number of halogens is 1. The highest BCUT2D eigenvalue weighted by Crippen LogP contribution is 2.35. The van der Waals surface area contributed by atoms with E-state index >= 15 is 0 Å². The molecule has 1 aliphatic heterocycles. The number of amides is 1. The van der Waals surface area contributed by atoms with Gasteiger partial charge in [-0.05, 0) is 68.3 Å². The van der Waals surface area contributed by atoms with E-state index < -0.39 is 5.97 Å². The second-order valence-electron chi connectivity index (χ2n) is 8.49. The molecule has 1 N–H and O–H groups in total. The lowest BCUT2D eigenvalue weighted by molar-refractivity contribution is -0.120. The van der Waals surface area contributed by atoms with Crippen LogP contribution in [0.15, 0.2) is 59.4 Å². The van der Waals surface area contributed by atoms with E-state index in [1.54, 1.807) is 43.3 Å². The first-order chi connectivity index (χ1) is 17.5. The summed E-state index contributed by atoms with van der Waals surface area (Å²) in [6.07, 6.45) is 2.93. The zero-order valence-corrected chi connectivity index (χ0v) is 19.6. The quantitative estimate of drug-likeness (QED) is 0.396. The van der Waals surface area contributed by atoms with E-state index in [-0.39, 0.29) is 17.6 Å². The number of piperidine rings is 1. The predicted octanol–water partition coefficient (Wildman–Crippen LogP) is 4.46. The lowest BCUT2D eigenvalue weighted by Crippen LogP contribution is -2.41. The molecular formula is C26H24FN5O4. The van der Waals surface area contributed by atoms with Crippen LogP contribution in [0.4, 0.5) is 15.9 Å². The first kappa shape index (κ1) is 23.4. The van der Waals surface area contributed by atoms with Gasteiger partial charge in [0.05, 0.1) is 18.1 Å². The molecule has 0 unspecified atom stereocenters. The molecule has 9 nitrogen and oxygen atoms in total. The summed E-state index contributed by atoms with van der Waals surface area (Å²) in [6, 6.07) is 12.6. The highest BCUT2D eigenvalue weighted by Gasteiger charge is 2.29. The number of hydrogen-bond donors (Lipinski definition) is 1. The van der Waals surface area contributed by atoms with E-state index in [4.69, 9.17) is 9.26 Å². The SMILES string of the molecule is CCOC(=O)c1ccc(NC(=O)[C@@H]2CCCN(c3ncnc4onc(-c5ccc(F)cc5)c34)C2)cc1. The summed E-state index contributed by atoms with van der Waals surface area (Å²) in [6.45, 7) is 3.21. The highest BCUT2D eigenvalue weighted by molar-refractivity contribution is 5.98. The molecule has 0 aliphatic carbocycles. The van der Waals surface area contributed by atoms with E-state index in [0.717, 1.165) is 12.8 Å². The highest BCUT2D eigenvalue weighted by atomic mass is 19.1. The van der Waals surface area contributed by atoms with Gasteiger partial charge >= 0.3 is 5.97 Å². The maximum atomic E-state index is 13.4. The topological polar surface area (TPSA) is 110 Å². The van der Waals surface area contributed by atoms with Crippen LogP contribution in [-0.2, 0) is 9.53 Å². The smallest absolute Gasteiger partial charge is 0.338 e. The van der Waals surface area contributed by atoms with E-state index in [1.165, 1.54) is 18.5 Å². The molecule has 4 aromatic rings. The molecule has 1 aliphatic rings. The molecule has 2 aromatic heterocycles. The molecule has 2 aromatic carbocycles. The normalized spacial score (nSPS) is 15.6. The van der Waals surface area contributed by atoms with Crippen molar-refractivity contribution in [1.82, 2.24) is 15.1 Å². The van der Waals surface area contributed by atoms with Crippen molar-refractivity contribution in [2.75, 3.05) is 29.9 Å². The van der Waals surface area contributed by atoms with Crippen molar-refractivity contribution in [3.05, 3.63) is 66.2 Å². The standard InChI is InChI=1S/C26H24FN5O4/c1-2-35-26(34)17-7-11-20(12-8-17)30-24(33)18-4-3-13-32(14-18)23-21-22(16-5-9-19(27)10-6-16)31-36-25(21)29-15-28-23/h5-12,15,18H,2-4,13-14H2,1H3,(H,30,33)/t18-/m1/s1. The Morgan fingerprint density at radius 1 is 1.14 bits per heavy atom. The van der Waals surface area contributed by atoms with E-state index in [9.17, 15) is 14.0 Å². The van der Waals surface area contributed by atoms with Crippen LogP contribution in [0, 0.1) is 11.7 Å². The minimum absolute atomic E-state index is 0.113. The number of fused-ring (bicyclic) bond motifs is 1. The number of anilines is 2. The molecule has 1 amide bonds. The lowest BCUT2D eigenvalue weighted by Gasteiger charge is -2.33. The van der Waals surface area contributed by atoms with E-state index in [1.807, 2.05) is 4.90 Å². The van der Waals surface area contributed by atoms with Gasteiger partial charge in [-0.3, -0.25) is 4.79 Å². The van der Waals surface area contributed by atoms with Gasteiger partial charge in [-0.25, -0.2) is 14.2 Å². The first-order valence-electron chi connectivity index (χ1n) is 11.7. The predicted molar refractivity (Wildman–Crippen MR) is 131 cm³/mol. The number of ether oxygens (including phenoxy) is 1. The van der Waals surface area contributed by atoms with E-state index in [2.05, 4.69) is 20.4 Å². The van der Waals surface area contributed by atoms with Crippen molar-refractivity contribution in [1.29, 1.82) is 0 Å². The maximum Gasteiger partial charge on any atom is 0.338 e. The summed E-state index contributed by atoms with van der Waals surface area (Å²) in [7, 11) is 0. The number of nitrogens with one attached hydrogen (secondary N) is 1. The number of esters is 1. The monoisotopic (exact) mass is 489 g/mol. The molecule has 10 heteroatoms. The molecule has 184 valence electrons. The van der Waals surface area contributed by atoms with Gasteiger partial charge in [-0.2, -0.15) is 4.98 Å². The number of benzene rings is 2. The van der Waals surface area contributed by atoms with Crippen LogP contribution < -0.4 is 10.2 Å². The molecule has 0 saturated carbocycles. The molecule has 0 radical (unpaired) electrons. The van der Waals surface area contributed by atoms with Crippen LogP contribution in [0.3, 0.4) is 0 Å². The fraction of sp³-hybridized carbons (Fsp3) is 0.269. The number of hydrogen-bond acceptors (Lipinski definition) is 8. The molecule has 36 heavy (non-hydrogen) atoms. The summed E-state index contributed by atoms with van der Waals surface area (Å²) >= 11 is 0. The zero-order valence-electron chi connectivity index (χ0n) is 19.6. The van der Waals surface area contributed by atoms with Crippen molar-refractivity contribution >= 4 is 34.5 Å². The average molecular weight is 490 g/mol. The Hall–Kier alpha value is -4.34. The van der Waals surface area contributed by atoms with Crippen LogP contribution in [0.5, 0.6) is 0 Å². The second-order valence-corrected chi connectivity index (χ2v) is 8.49. The Bertz CT molecular complexity index is 1390. The second kappa shape index (κ2) is 10.1. The van der Waals surface area contributed by atoms with Gasteiger partial charge in [-0.1, -0.05) is 5.16 Å². The van der Waals surface area contributed by atoms with Gasteiger partial charge in [-0.15, -0.1) is 0 Å². The Morgan fingerprint density at radius 2 is 1.92 bits per heavy atom. The summed E-state index contributed by atoms with van der Waals surface area (Å²) in [5, 5.41) is 7.72. The largest absolute Gasteiger partial charge is 0.462 e. The van der Waals surface area contributed by atoms with E-state index in [0.29, 0.717) is 59.1 Å². The van der Waals surface area contributed by atoms with Gasteiger partial charge in [0.2, 0.25) is 5.91 Å². The first-order valence-corrected chi connectivity index (χ1v) is 11.7. The van der Waals surface area contributed by atoms with Gasteiger partial charge < -0.3 is 19.5 Å². The molecule has 0 spiro atoms. The minimum atomic E-state index is -0.400. The van der Waals surface area contributed by atoms with Gasteiger partial charge in [0.1, 0.15) is 29.0 Å². The lowest BCUT2D eigenvalue weighted by atomic mass is 9.96. The van der Waals surface area contributed by atoms with Crippen molar-refractivity contribution in [2.45, 2.75) is 19.8 Å². The average Bonchev–Trinajstić information content (AvgIpc) is 3.34. The molecule has 3 heterocycles. The van der Waals surface area contributed by atoms with Crippen LogP contribution >= 0.6 is 0 Å². The summed E-state index contributed by atoms with van der Waals surface area (Å²) < 4.78 is 23.9. The Labute approximate surface area is 206 Å². The van der Waals surface area contributed by atoms with Crippen molar-refractivity contribution in [3.8, 4) is 11.3 Å². The number of rotatable bonds is 6. The third-order valence-corrected chi connectivity index (χ3v) is 6.13. The number of nitrogens with zero attached hydrogens (tertiary/aromatic N) is 4. The van der Waals surface area contributed by atoms with Gasteiger partial charge in [0.15, 0.2) is 0 Å². The minimum Gasteiger partial charge on any atom is -0.462 e. The number of aromatic nitrogens is 3. The van der Waals surface area contributed by atoms with Crippen LogP contribution in [0.25, 0.3) is 22.4 Å².